The van der Waals surface area contributed by atoms with E-state index in [9.17, 15) is 4.79 Å². The molecule has 1 aromatic heterocycles. The number of carbonyl (C=O) groups excluding carboxylic acids is 1. The fraction of sp³-hybridized carbons (Fsp3) is 0.565. The van der Waals surface area contributed by atoms with Crippen LogP contribution in [0.25, 0.3) is 10.9 Å². The summed E-state index contributed by atoms with van der Waals surface area (Å²) in [5.74, 6) is 3.05. The molecule has 0 unspecified atom stereocenters. The van der Waals surface area contributed by atoms with Gasteiger partial charge in [0.05, 0.1) is 5.52 Å². The molecule has 5 aliphatic rings. The fourth-order valence-electron chi connectivity index (χ4n) is 7.29. The average Bonchev–Trinajstić information content (AvgIpc) is 2.59. The quantitative estimate of drug-likeness (QED) is 0.717. The lowest BCUT2D eigenvalue weighted by atomic mass is 9.47. The first kappa shape index (κ1) is 14.5. The number of fused-ring (bicyclic) bond motifs is 2. The molecule has 0 saturated heterocycles. The molecule has 0 atom stereocenters. The average molecular weight is 331 g/mol. The highest BCUT2D eigenvalue weighted by molar-refractivity contribution is 6.00. The predicted molar refractivity (Wildman–Crippen MR) is 98.9 cm³/mol. The molecule has 4 fully saturated rings. The Balaban J connectivity index is 1.66. The highest BCUT2D eigenvalue weighted by Crippen LogP contribution is 2.62. The Morgan fingerprint density at radius 2 is 1.60 bits per heavy atom. The molecule has 1 heterocycles. The Hall–Kier alpha value is -1.70. The van der Waals surface area contributed by atoms with E-state index in [1.165, 1.54) is 49.5 Å². The molecule has 0 amide bonds. The molecular weight excluding hydrogens is 306 g/mol. The van der Waals surface area contributed by atoms with Crippen LogP contribution in [0.15, 0.2) is 24.3 Å². The van der Waals surface area contributed by atoms with Gasteiger partial charge in [-0.15, -0.1) is 0 Å². The van der Waals surface area contributed by atoms with Gasteiger partial charge in [-0.25, -0.2) is 4.98 Å². The third-order valence-electron chi connectivity index (χ3n) is 7.66. The first-order valence-corrected chi connectivity index (χ1v) is 10.2. The molecule has 128 valence electrons. The van der Waals surface area contributed by atoms with Crippen LogP contribution in [0.2, 0.25) is 0 Å². The highest BCUT2D eigenvalue weighted by Gasteiger charge is 2.53. The van der Waals surface area contributed by atoms with Gasteiger partial charge in [0, 0.05) is 11.8 Å². The van der Waals surface area contributed by atoms with E-state index in [4.69, 9.17) is 4.98 Å². The molecule has 0 spiro atoms. The van der Waals surface area contributed by atoms with Crippen molar-refractivity contribution >= 4 is 16.7 Å². The maximum Gasteiger partial charge on any atom is 0.181 e. The smallest absolute Gasteiger partial charge is 0.181 e. The number of carbonyl (C=O) groups is 1. The second kappa shape index (κ2) is 4.93. The summed E-state index contributed by atoms with van der Waals surface area (Å²) in [4.78, 5) is 17.5. The lowest BCUT2D eigenvalue weighted by Crippen LogP contribution is -2.49. The number of para-hydroxylation sites is 1. The first-order chi connectivity index (χ1) is 12.2. The second-order valence-electron chi connectivity index (χ2n) is 9.31. The monoisotopic (exact) mass is 331 g/mol. The Kier molecular flexibility index (Phi) is 2.85. The zero-order valence-corrected chi connectivity index (χ0v) is 14.8. The summed E-state index contributed by atoms with van der Waals surface area (Å²) in [5, 5.41) is 1.35. The van der Waals surface area contributed by atoms with Crippen molar-refractivity contribution < 1.29 is 4.79 Å². The minimum Gasteiger partial charge on any atom is -0.292 e. The number of aromatic nitrogens is 1. The number of ketones is 1. The summed E-state index contributed by atoms with van der Waals surface area (Å²) in [7, 11) is 0. The SMILES string of the molecule is O=C1CCCc2c1nc1ccccc1c2C12CC3CC(CC(C3)C1)C2. The molecule has 0 radical (unpaired) electrons. The van der Waals surface area contributed by atoms with E-state index >= 15 is 0 Å². The number of Topliss-reactive ketones (excluding diaryl/α,β-unsaturated/α-hetero) is 1. The third-order valence-corrected chi connectivity index (χ3v) is 7.66. The van der Waals surface area contributed by atoms with Gasteiger partial charge in [-0.2, -0.15) is 0 Å². The summed E-state index contributed by atoms with van der Waals surface area (Å²) in [5.41, 5.74) is 5.08. The van der Waals surface area contributed by atoms with E-state index in [1.54, 1.807) is 5.56 Å². The number of benzene rings is 1. The van der Waals surface area contributed by atoms with Gasteiger partial charge in [-0.1, -0.05) is 18.2 Å². The highest BCUT2D eigenvalue weighted by atomic mass is 16.1. The first-order valence-electron chi connectivity index (χ1n) is 10.2. The molecule has 0 N–H and O–H groups in total. The van der Waals surface area contributed by atoms with Crippen LogP contribution in [0.1, 0.15) is 73.0 Å². The summed E-state index contributed by atoms with van der Waals surface area (Å²) in [6.07, 6.45) is 11.2. The standard InChI is InChI=1S/C23H25NO/c25-20-7-3-5-18-21(17-4-1-2-6-19(17)24-22(18)20)23-11-14-8-15(12-23)10-16(9-14)13-23/h1-2,4,6,14-16H,3,5,7-13H2. The molecule has 0 aliphatic heterocycles. The van der Waals surface area contributed by atoms with Crippen LogP contribution < -0.4 is 0 Å². The molecule has 25 heavy (non-hydrogen) atoms. The van der Waals surface area contributed by atoms with Crippen molar-refractivity contribution in [3.63, 3.8) is 0 Å². The maximum atomic E-state index is 12.6. The van der Waals surface area contributed by atoms with Gasteiger partial charge < -0.3 is 0 Å². The fourth-order valence-corrected chi connectivity index (χ4v) is 7.29. The lowest BCUT2D eigenvalue weighted by Gasteiger charge is -2.57. The van der Waals surface area contributed by atoms with Crippen LogP contribution in [0, 0.1) is 17.8 Å². The number of pyridine rings is 1. The molecule has 4 saturated carbocycles. The summed E-state index contributed by atoms with van der Waals surface area (Å²) < 4.78 is 0. The van der Waals surface area contributed by atoms with Gasteiger partial charge in [0.25, 0.3) is 0 Å². The van der Waals surface area contributed by atoms with Crippen molar-refractivity contribution in [1.29, 1.82) is 0 Å². The largest absolute Gasteiger partial charge is 0.292 e. The number of hydrogen-bond donors (Lipinski definition) is 0. The van der Waals surface area contributed by atoms with Gasteiger partial charge >= 0.3 is 0 Å². The normalized spacial score (nSPS) is 36.0. The summed E-state index contributed by atoms with van der Waals surface area (Å²) in [6, 6.07) is 8.61. The van der Waals surface area contributed by atoms with Crippen LogP contribution in [0.4, 0.5) is 0 Å². The van der Waals surface area contributed by atoms with Crippen molar-refractivity contribution in [2.45, 2.75) is 63.2 Å². The van der Waals surface area contributed by atoms with Crippen molar-refractivity contribution in [2.75, 3.05) is 0 Å². The number of hydrogen-bond acceptors (Lipinski definition) is 2. The van der Waals surface area contributed by atoms with Crippen molar-refractivity contribution in [3.05, 3.63) is 41.1 Å². The second-order valence-corrected chi connectivity index (χ2v) is 9.31. The zero-order chi connectivity index (χ0) is 16.6. The topological polar surface area (TPSA) is 30.0 Å². The van der Waals surface area contributed by atoms with Crippen LogP contribution in [-0.4, -0.2) is 10.8 Å². The molecule has 4 bridgehead atoms. The van der Waals surface area contributed by atoms with Crippen molar-refractivity contribution in [3.8, 4) is 0 Å². The van der Waals surface area contributed by atoms with Crippen LogP contribution >= 0.6 is 0 Å². The molecule has 7 rings (SSSR count). The van der Waals surface area contributed by atoms with Gasteiger partial charge in [0.15, 0.2) is 5.78 Å². The molecular formula is C23H25NO. The van der Waals surface area contributed by atoms with E-state index in [0.29, 0.717) is 11.8 Å². The van der Waals surface area contributed by atoms with Crippen LogP contribution in [0.5, 0.6) is 0 Å². The Labute approximate surface area is 149 Å². The van der Waals surface area contributed by atoms with Gasteiger partial charge in [-0.3, -0.25) is 4.79 Å². The Bertz CT molecular complexity index is 861. The molecule has 2 heteroatoms. The predicted octanol–water partition coefficient (Wildman–Crippen LogP) is 5.22. The van der Waals surface area contributed by atoms with Crippen molar-refractivity contribution in [1.82, 2.24) is 4.98 Å². The summed E-state index contributed by atoms with van der Waals surface area (Å²) >= 11 is 0. The Morgan fingerprint density at radius 1 is 0.920 bits per heavy atom. The van der Waals surface area contributed by atoms with Gasteiger partial charge in [0.1, 0.15) is 5.69 Å². The molecule has 2 aromatic rings. The van der Waals surface area contributed by atoms with Gasteiger partial charge in [-0.05, 0) is 91.7 Å². The van der Waals surface area contributed by atoms with E-state index in [2.05, 4.69) is 24.3 Å². The van der Waals surface area contributed by atoms with E-state index in [0.717, 1.165) is 41.8 Å². The minimum absolute atomic E-state index is 0.276. The van der Waals surface area contributed by atoms with Gasteiger partial charge in [0.2, 0.25) is 0 Å². The Morgan fingerprint density at radius 3 is 2.32 bits per heavy atom. The van der Waals surface area contributed by atoms with Crippen LogP contribution in [-0.2, 0) is 11.8 Å². The van der Waals surface area contributed by atoms with Crippen LogP contribution in [0.3, 0.4) is 0 Å². The third kappa shape index (κ3) is 1.97. The van der Waals surface area contributed by atoms with Crippen molar-refractivity contribution in [2.24, 2.45) is 17.8 Å². The number of rotatable bonds is 1. The molecule has 2 nitrogen and oxygen atoms in total. The van der Waals surface area contributed by atoms with E-state index in [-0.39, 0.29) is 5.78 Å². The minimum atomic E-state index is 0.276. The van der Waals surface area contributed by atoms with E-state index in [1.807, 2.05) is 0 Å². The number of nitrogens with zero attached hydrogens (tertiary/aromatic N) is 1. The maximum absolute atomic E-state index is 12.6. The molecule has 1 aromatic carbocycles. The van der Waals surface area contributed by atoms with E-state index < -0.39 is 0 Å². The molecule has 5 aliphatic carbocycles. The zero-order valence-electron chi connectivity index (χ0n) is 14.8. The summed E-state index contributed by atoms with van der Waals surface area (Å²) in [6.45, 7) is 0. The lowest BCUT2D eigenvalue weighted by molar-refractivity contribution is -0.00496.